The van der Waals surface area contributed by atoms with Gasteiger partial charge in [0, 0.05) is 18.2 Å². The van der Waals surface area contributed by atoms with E-state index in [1.807, 2.05) is 31.2 Å². The highest BCUT2D eigenvalue weighted by molar-refractivity contribution is 5.74. The zero-order valence-electron chi connectivity index (χ0n) is 14.8. The van der Waals surface area contributed by atoms with Gasteiger partial charge < -0.3 is 20.1 Å². The van der Waals surface area contributed by atoms with Crippen LogP contribution >= 0.6 is 0 Å². The van der Waals surface area contributed by atoms with Gasteiger partial charge in [0.25, 0.3) is 0 Å². The van der Waals surface area contributed by atoms with Crippen molar-refractivity contribution in [3.05, 3.63) is 29.8 Å². The number of nitrogens with zero attached hydrogens (tertiary/aromatic N) is 1. The first-order valence-corrected chi connectivity index (χ1v) is 9.04. The number of nitrogens with one attached hydrogen (secondary N) is 1. The Bertz CT molecular complexity index is 513. The maximum Gasteiger partial charge on any atom is 0.318 e. The SMILES string of the molecule is CCOc1ccccc1CN(C[C@@H](C)O)C(=O)NC1CCCCC1. The Morgan fingerprint density at radius 2 is 2.04 bits per heavy atom. The predicted octanol–water partition coefficient (Wildman–Crippen LogP) is 3.31. The third kappa shape index (κ3) is 5.71. The van der Waals surface area contributed by atoms with Gasteiger partial charge in [-0.15, -0.1) is 0 Å². The van der Waals surface area contributed by atoms with Crippen LogP contribution in [-0.4, -0.2) is 41.3 Å². The van der Waals surface area contributed by atoms with Crippen LogP contribution < -0.4 is 10.1 Å². The Balaban J connectivity index is 2.05. The number of urea groups is 1. The summed E-state index contributed by atoms with van der Waals surface area (Å²) in [6, 6.07) is 7.90. The number of hydrogen-bond donors (Lipinski definition) is 2. The molecular weight excluding hydrogens is 304 g/mol. The quantitative estimate of drug-likeness (QED) is 0.804. The lowest BCUT2D eigenvalue weighted by Gasteiger charge is -2.29. The van der Waals surface area contributed by atoms with Gasteiger partial charge in [-0.2, -0.15) is 0 Å². The highest BCUT2D eigenvalue weighted by Gasteiger charge is 2.22. The van der Waals surface area contributed by atoms with Crippen LogP contribution in [0.2, 0.25) is 0 Å². The molecule has 24 heavy (non-hydrogen) atoms. The van der Waals surface area contributed by atoms with Crippen LogP contribution in [0.4, 0.5) is 4.79 Å². The minimum atomic E-state index is -0.568. The fourth-order valence-electron chi connectivity index (χ4n) is 3.19. The van der Waals surface area contributed by atoms with Crippen molar-refractivity contribution in [2.75, 3.05) is 13.2 Å². The molecule has 0 aromatic heterocycles. The molecule has 2 rings (SSSR count). The standard InChI is InChI=1S/C19H30N2O3/c1-3-24-18-12-8-7-9-16(18)14-21(13-15(2)22)19(23)20-17-10-5-4-6-11-17/h7-9,12,15,17,22H,3-6,10-11,13-14H2,1-2H3,(H,20,23)/t15-/m1/s1. The van der Waals surface area contributed by atoms with Gasteiger partial charge >= 0.3 is 6.03 Å². The van der Waals surface area contributed by atoms with E-state index in [2.05, 4.69) is 5.32 Å². The van der Waals surface area contributed by atoms with Crippen molar-refractivity contribution >= 4 is 6.03 Å². The highest BCUT2D eigenvalue weighted by Crippen LogP contribution is 2.21. The van der Waals surface area contributed by atoms with Crippen molar-refractivity contribution in [1.82, 2.24) is 10.2 Å². The molecule has 0 aliphatic heterocycles. The number of para-hydroxylation sites is 1. The first-order valence-electron chi connectivity index (χ1n) is 9.04. The van der Waals surface area contributed by atoms with Gasteiger partial charge in [0.2, 0.25) is 0 Å². The molecule has 1 fully saturated rings. The molecule has 0 radical (unpaired) electrons. The summed E-state index contributed by atoms with van der Waals surface area (Å²) in [6.45, 7) is 4.97. The molecule has 5 heteroatoms. The lowest BCUT2D eigenvalue weighted by Crippen LogP contribution is -2.47. The van der Waals surface area contributed by atoms with Gasteiger partial charge in [-0.25, -0.2) is 4.79 Å². The minimum Gasteiger partial charge on any atom is -0.494 e. The smallest absolute Gasteiger partial charge is 0.318 e. The second-order valence-corrected chi connectivity index (χ2v) is 6.55. The Labute approximate surface area is 145 Å². The third-order valence-corrected chi connectivity index (χ3v) is 4.34. The molecule has 1 aromatic carbocycles. The number of carbonyl (C=O) groups excluding carboxylic acids is 1. The average Bonchev–Trinajstić information content (AvgIpc) is 2.56. The second kappa shape index (κ2) is 9.52. The van der Waals surface area contributed by atoms with Crippen LogP contribution in [0, 0.1) is 0 Å². The average molecular weight is 334 g/mol. The molecule has 0 bridgehead atoms. The molecule has 134 valence electrons. The van der Waals surface area contributed by atoms with E-state index in [4.69, 9.17) is 4.74 Å². The summed E-state index contributed by atoms with van der Waals surface area (Å²) in [5.41, 5.74) is 0.957. The van der Waals surface area contributed by atoms with Crippen molar-refractivity contribution in [3.63, 3.8) is 0 Å². The van der Waals surface area contributed by atoms with Crippen LogP contribution in [0.1, 0.15) is 51.5 Å². The van der Waals surface area contributed by atoms with Crippen LogP contribution in [0.5, 0.6) is 5.75 Å². The number of hydrogen-bond acceptors (Lipinski definition) is 3. The molecule has 5 nitrogen and oxygen atoms in total. The molecule has 1 aromatic rings. The van der Waals surface area contributed by atoms with Crippen molar-refractivity contribution in [2.24, 2.45) is 0 Å². The topological polar surface area (TPSA) is 61.8 Å². The first kappa shape index (κ1) is 18.6. The van der Waals surface area contributed by atoms with Gasteiger partial charge in [-0.05, 0) is 32.8 Å². The molecule has 1 saturated carbocycles. The highest BCUT2D eigenvalue weighted by atomic mass is 16.5. The van der Waals surface area contributed by atoms with E-state index in [1.165, 1.54) is 19.3 Å². The Hall–Kier alpha value is -1.75. The molecule has 2 amide bonds. The molecule has 0 unspecified atom stereocenters. The van der Waals surface area contributed by atoms with Crippen LogP contribution in [-0.2, 0) is 6.54 Å². The van der Waals surface area contributed by atoms with Crippen molar-refractivity contribution < 1.29 is 14.6 Å². The molecule has 0 spiro atoms. The molecule has 1 aliphatic rings. The summed E-state index contributed by atoms with van der Waals surface area (Å²) in [6.07, 6.45) is 5.13. The lowest BCUT2D eigenvalue weighted by molar-refractivity contribution is 0.126. The maximum atomic E-state index is 12.7. The largest absolute Gasteiger partial charge is 0.494 e. The Morgan fingerprint density at radius 3 is 2.71 bits per heavy atom. The number of ether oxygens (including phenoxy) is 1. The summed E-state index contributed by atoms with van der Waals surface area (Å²) >= 11 is 0. The predicted molar refractivity (Wildman–Crippen MR) is 95.1 cm³/mol. The molecule has 0 saturated heterocycles. The van der Waals surface area contributed by atoms with Gasteiger partial charge in [0.1, 0.15) is 5.75 Å². The maximum absolute atomic E-state index is 12.7. The van der Waals surface area contributed by atoms with Crippen molar-refractivity contribution in [2.45, 2.75) is 64.6 Å². The van der Waals surface area contributed by atoms with E-state index in [-0.39, 0.29) is 12.1 Å². The summed E-state index contributed by atoms with van der Waals surface area (Å²) < 4.78 is 5.65. The van der Waals surface area contributed by atoms with E-state index in [0.29, 0.717) is 19.7 Å². The van der Waals surface area contributed by atoms with E-state index in [0.717, 1.165) is 24.2 Å². The number of rotatable bonds is 7. The van der Waals surface area contributed by atoms with E-state index in [9.17, 15) is 9.90 Å². The summed E-state index contributed by atoms with van der Waals surface area (Å²) in [4.78, 5) is 14.4. The molecule has 0 heterocycles. The number of aliphatic hydroxyl groups excluding tert-OH is 1. The third-order valence-electron chi connectivity index (χ3n) is 4.34. The van der Waals surface area contributed by atoms with Crippen molar-refractivity contribution in [1.29, 1.82) is 0 Å². The monoisotopic (exact) mass is 334 g/mol. The normalized spacial score (nSPS) is 16.5. The zero-order chi connectivity index (χ0) is 17.4. The lowest BCUT2D eigenvalue weighted by atomic mass is 9.96. The fraction of sp³-hybridized carbons (Fsp3) is 0.632. The number of benzene rings is 1. The number of carbonyl (C=O) groups is 1. The molecular formula is C19H30N2O3. The number of aliphatic hydroxyl groups is 1. The van der Waals surface area contributed by atoms with Gasteiger partial charge in [-0.3, -0.25) is 0 Å². The van der Waals surface area contributed by atoms with Crippen molar-refractivity contribution in [3.8, 4) is 5.75 Å². The van der Waals surface area contributed by atoms with Gasteiger partial charge in [0.15, 0.2) is 0 Å². The molecule has 1 aliphatic carbocycles. The van der Waals surface area contributed by atoms with Gasteiger partial charge in [-0.1, -0.05) is 37.5 Å². The van der Waals surface area contributed by atoms with E-state index >= 15 is 0 Å². The fourth-order valence-corrected chi connectivity index (χ4v) is 3.19. The summed E-state index contributed by atoms with van der Waals surface area (Å²) in [7, 11) is 0. The Kier molecular flexibility index (Phi) is 7.37. The molecule has 2 N–H and O–H groups in total. The summed E-state index contributed by atoms with van der Waals surface area (Å²) in [5.74, 6) is 0.793. The molecule has 1 atom stereocenters. The first-order chi connectivity index (χ1) is 11.6. The van der Waals surface area contributed by atoms with E-state index < -0.39 is 6.10 Å². The zero-order valence-corrected chi connectivity index (χ0v) is 14.8. The minimum absolute atomic E-state index is 0.103. The number of amides is 2. The van der Waals surface area contributed by atoms with E-state index in [1.54, 1.807) is 11.8 Å². The Morgan fingerprint density at radius 1 is 1.33 bits per heavy atom. The second-order valence-electron chi connectivity index (χ2n) is 6.55. The van der Waals surface area contributed by atoms with Crippen LogP contribution in [0.3, 0.4) is 0 Å². The van der Waals surface area contributed by atoms with Gasteiger partial charge in [0.05, 0.1) is 19.3 Å². The van der Waals surface area contributed by atoms with Crippen LogP contribution in [0.25, 0.3) is 0 Å². The summed E-state index contributed by atoms with van der Waals surface area (Å²) in [5, 5.41) is 12.9. The van der Waals surface area contributed by atoms with Crippen LogP contribution in [0.15, 0.2) is 24.3 Å².